The van der Waals surface area contributed by atoms with Crippen LogP contribution in [0.4, 0.5) is 23.4 Å². The molecule has 0 saturated carbocycles. The number of primary sulfonamides is 1. The molecule has 3 heterocycles. The minimum absolute atomic E-state index is 0.0115. The molecular weight excluding hydrogens is 560 g/mol. The summed E-state index contributed by atoms with van der Waals surface area (Å²) in [6.45, 7) is 3.69. The number of sulfonamides is 1. The lowest BCUT2D eigenvalue weighted by atomic mass is 9.98. The lowest BCUT2D eigenvalue weighted by Gasteiger charge is -2.41. The van der Waals surface area contributed by atoms with Crippen LogP contribution in [-0.2, 0) is 22.7 Å². The van der Waals surface area contributed by atoms with Crippen molar-refractivity contribution in [2.45, 2.75) is 30.6 Å². The van der Waals surface area contributed by atoms with Crippen LogP contribution in [0, 0.1) is 5.82 Å². The maximum Gasteiger partial charge on any atom is 0.451 e. The highest BCUT2D eigenvalue weighted by Gasteiger charge is 2.38. The lowest BCUT2D eigenvalue weighted by Crippen LogP contribution is -2.52. The number of anilines is 1. The van der Waals surface area contributed by atoms with Crippen molar-refractivity contribution in [3.63, 3.8) is 0 Å². The topological polar surface area (TPSA) is 105 Å². The van der Waals surface area contributed by atoms with Gasteiger partial charge in [-0.05, 0) is 61.0 Å². The van der Waals surface area contributed by atoms with Crippen molar-refractivity contribution in [2.75, 3.05) is 24.5 Å². The van der Waals surface area contributed by atoms with E-state index in [9.17, 15) is 26.0 Å². The number of pyridine rings is 1. The van der Waals surface area contributed by atoms with Crippen molar-refractivity contribution in [1.82, 2.24) is 19.9 Å². The zero-order chi connectivity index (χ0) is 29.4. The van der Waals surface area contributed by atoms with Crippen LogP contribution in [0.5, 0.6) is 0 Å². The van der Waals surface area contributed by atoms with Crippen LogP contribution in [-0.4, -0.2) is 53.9 Å². The summed E-state index contributed by atoms with van der Waals surface area (Å²) in [5.74, 6) is -1.95. The Bertz CT molecular complexity index is 1650. The predicted molar refractivity (Wildman–Crippen MR) is 146 cm³/mol. The molecule has 0 bridgehead atoms. The average molecular weight is 587 g/mol. The van der Waals surface area contributed by atoms with Crippen molar-refractivity contribution in [3.8, 4) is 22.4 Å². The average Bonchev–Trinajstić information content (AvgIpc) is 2.93. The van der Waals surface area contributed by atoms with Crippen molar-refractivity contribution < 1.29 is 26.0 Å². The number of benzene rings is 2. The fraction of sp³-hybridized carbons (Fsp3) is 0.250. The first-order valence-electron chi connectivity index (χ1n) is 12.7. The van der Waals surface area contributed by atoms with Crippen molar-refractivity contribution in [2.24, 2.45) is 5.14 Å². The van der Waals surface area contributed by atoms with E-state index >= 15 is 0 Å². The second-order valence-electron chi connectivity index (χ2n) is 9.76. The van der Waals surface area contributed by atoms with Gasteiger partial charge in [0.25, 0.3) is 0 Å². The van der Waals surface area contributed by atoms with Crippen molar-refractivity contribution in [1.29, 1.82) is 0 Å². The number of aromatic nitrogens is 3. The maximum atomic E-state index is 14.1. The Labute approximate surface area is 234 Å². The largest absolute Gasteiger partial charge is 0.451 e. The zero-order valence-electron chi connectivity index (χ0n) is 21.9. The zero-order valence-corrected chi connectivity index (χ0v) is 22.7. The molecule has 13 heteroatoms. The quantitative estimate of drug-likeness (QED) is 0.326. The Hall–Kier alpha value is -3.94. The third-order valence-corrected chi connectivity index (χ3v) is 7.78. The van der Waals surface area contributed by atoms with E-state index in [0.29, 0.717) is 26.2 Å². The number of alkyl halides is 3. The van der Waals surface area contributed by atoms with Gasteiger partial charge in [-0.3, -0.25) is 9.88 Å². The van der Waals surface area contributed by atoms with Gasteiger partial charge in [-0.15, -0.1) is 0 Å². The highest BCUT2D eigenvalue weighted by Crippen LogP contribution is 2.41. The number of hydrogen-bond donors (Lipinski definition) is 1. The van der Waals surface area contributed by atoms with Gasteiger partial charge in [0.15, 0.2) is 0 Å². The Balaban J connectivity index is 1.66. The van der Waals surface area contributed by atoms with Gasteiger partial charge in [0, 0.05) is 44.0 Å². The predicted octanol–water partition coefficient (Wildman–Crippen LogP) is 4.72. The first-order valence-corrected chi connectivity index (χ1v) is 14.2. The van der Waals surface area contributed by atoms with Gasteiger partial charge in [-0.25, -0.2) is 27.9 Å². The van der Waals surface area contributed by atoms with E-state index in [1.807, 2.05) is 25.1 Å². The lowest BCUT2D eigenvalue weighted by molar-refractivity contribution is -0.144. The van der Waals surface area contributed by atoms with Gasteiger partial charge >= 0.3 is 6.18 Å². The van der Waals surface area contributed by atoms with Gasteiger partial charge in [-0.1, -0.05) is 18.2 Å². The molecule has 0 spiro atoms. The summed E-state index contributed by atoms with van der Waals surface area (Å²) in [6, 6.07) is 16.0. The molecule has 2 N–H and O–H groups in total. The van der Waals surface area contributed by atoms with Gasteiger partial charge in [0.1, 0.15) is 11.6 Å². The first kappa shape index (κ1) is 28.6. The number of nitrogens with two attached hydrogens (primary N) is 1. The molecule has 0 radical (unpaired) electrons. The standard InChI is InChI=1S/C28H26F4N6O2S/c1-18-16-38(14-13-37(18)17-22-6-2-3-12-34-22)26-24(20-5-4-7-23(15-20)41(33,39)40)25(19-8-10-21(29)11-9-19)35-27(36-26)28(30,31)32/h2-12,15,18H,13-14,16-17H2,1H3,(H2,33,39,40). The molecule has 5 rings (SSSR count). The van der Waals surface area contributed by atoms with E-state index < -0.39 is 27.8 Å². The van der Waals surface area contributed by atoms with Crippen LogP contribution in [0.2, 0.25) is 0 Å². The number of piperazine rings is 1. The van der Waals surface area contributed by atoms with Gasteiger partial charge in [-0.2, -0.15) is 13.2 Å². The molecule has 8 nitrogen and oxygen atoms in total. The van der Waals surface area contributed by atoms with E-state index in [-0.39, 0.29) is 39.1 Å². The van der Waals surface area contributed by atoms with Gasteiger partial charge in [0.2, 0.25) is 15.8 Å². The summed E-state index contributed by atoms with van der Waals surface area (Å²) in [5.41, 5.74) is 1.40. The Morgan fingerprint density at radius 3 is 2.37 bits per heavy atom. The van der Waals surface area contributed by atoms with Gasteiger partial charge < -0.3 is 4.90 Å². The third kappa shape index (κ3) is 6.37. The minimum Gasteiger partial charge on any atom is -0.353 e. The van der Waals surface area contributed by atoms with E-state index in [1.165, 1.54) is 30.3 Å². The summed E-state index contributed by atoms with van der Waals surface area (Å²) in [5, 5.41) is 5.36. The molecule has 1 fully saturated rings. The SMILES string of the molecule is CC1CN(c2nc(C(F)(F)F)nc(-c3ccc(F)cc3)c2-c2cccc(S(N)(=O)=O)c2)CCN1Cc1ccccn1. The van der Waals surface area contributed by atoms with Crippen LogP contribution in [0.1, 0.15) is 18.4 Å². The highest BCUT2D eigenvalue weighted by molar-refractivity contribution is 7.89. The molecule has 214 valence electrons. The van der Waals surface area contributed by atoms with Crippen LogP contribution in [0.25, 0.3) is 22.4 Å². The number of rotatable bonds is 6. The molecule has 2 aromatic carbocycles. The molecule has 0 aliphatic carbocycles. The van der Waals surface area contributed by atoms with Crippen molar-refractivity contribution in [3.05, 3.63) is 90.3 Å². The summed E-state index contributed by atoms with van der Waals surface area (Å²) in [6.07, 6.45) is -3.17. The maximum absolute atomic E-state index is 14.1. The van der Waals surface area contributed by atoms with Crippen molar-refractivity contribution >= 4 is 15.8 Å². The number of halogens is 4. The van der Waals surface area contributed by atoms with E-state index in [1.54, 1.807) is 17.2 Å². The summed E-state index contributed by atoms with van der Waals surface area (Å²) < 4.78 is 80.4. The molecule has 0 amide bonds. The fourth-order valence-corrected chi connectivity index (χ4v) is 5.40. The molecule has 41 heavy (non-hydrogen) atoms. The molecule has 1 atom stereocenters. The summed E-state index contributed by atoms with van der Waals surface area (Å²) in [4.78, 5) is 15.9. The Morgan fingerprint density at radius 1 is 0.976 bits per heavy atom. The van der Waals surface area contributed by atoms with Crippen LogP contribution < -0.4 is 10.0 Å². The smallest absolute Gasteiger partial charge is 0.353 e. The summed E-state index contributed by atoms with van der Waals surface area (Å²) >= 11 is 0. The van der Waals surface area contributed by atoms with Gasteiger partial charge in [0.05, 0.1) is 21.8 Å². The Morgan fingerprint density at radius 2 is 1.73 bits per heavy atom. The molecule has 4 aromatic rings. The number of nitrogens with zero attached hydrogens (tertiary/aromatic N) is 5. The molecule has 1 unspecified atom stereocenters. The van der Waals surface area contributed by atoms with Crippen LogP contribution in [0.3, 0.4) is 0 Å². The fourth-order valence-electron chi connectivity index (χ4n) is 4.84. The first-order chi connectivity index (χ1) is 19.4. The van der Waals surface area contributed by atoms with Crippen LogP contribution in [0.15, 0.2) is 77.8 Å². The molecule has 1 aliphatic heterocycles. The molecular formula is C28H26F4N6O2S. The van der Waals surface area contributed by atoms with Crippen LogP contribution >= 0.6 is 0 Å². The number of hydrogen-bond acceptors (Lipinski definition) is 7. The third-order valence-electron chi connectivity index (χ3n) is 6.87. The molecule has 1 aliphatic rings. The second kappa shape index (κ2) is 11.1. The summed E-state index contributed by atoms with van der Waals surface area (Å²) in [7, 11) is -4.13. The van der Waals surface area contributed by atoms with E-state index in [4.69, 9.17) is 5.14 Å². The monoisotopic (exact) mass is 586 g/mol. The Kier molecular flexibility index (Phi) is 7.77. The highest BCUT2D eigenvalue weighted by atomic mass is 32.2. The second-order valence-corrected chi connectivity index (χ2v) is 11.3. The molecule has 2 aromatic heterocycles. The van der Waals surface area contributed by atoms with E-state index in [0.717, 1.165) is 17.8 Å². The van der Waals surface area contributed by atoms with E-state index in [2.05, 4.69) is 19.9 Å². The molecule has 1 saturated heterocycles. The normalized spacial score (nSPS) is 16.6. The minimum atomic E-state index is -4.88.